The number of hydrogen-bond acceptors (Lipinski definition) is 6. The SMILES string of the molecule is Cc1sc2c(c1C)c(=O)nc1c(-c3nc4ccccc4s3)n[nH]n12. The fourth-order valence-corrected chi connectivity index (χ4v) is 4.89. The number of thiazole rings is 1. The first-order valence-electron chi connectivity index (χ1n) is 7.36. The molecule has 0 atom stereocenters. The molecule has 24 heavy (non-hydrogen) atoms. The number of fused-ring (bicyclic) bond motifs is 4. The summed E-state index contributed by atoms with van der Waals surface area (Å²) in [6.07, 6.45) is 0. The van der Waals surface area contributed by atoms with Gasteiger partial charge in [0.25, 0.3) is 5.56 Å². The summed E-state index contributed by atoms with van der Waals surface area (Å²) >= 11 is 3.11. The van der Waals surface area contributed by atoms with Crippen molar-refractivity contribution in [2.24, 2.45) is 0 Å². The highest BCUT2D eigenvalue weighted by molar-refractivity contribution is 7.21. The van der Waals surface area contributed by atoms with Crippen molar-refractivity contribution in [1.29, 1.82) is 0 Å². The van der Waals surface area contributed by atoms with Crippen LogP contribution in [0.3, 0.4) is 0 Å². The zero-order valence-corrected chi connectivity index (χ0v) is 14.5. The van der Waals surface area contributed by atoms with Gasteiger partial charge in [-0.05, 0) is 31.5 Å². The van der Waals surface area contributed by atoms with Crippen LogP contribution in [0.2, 0.25) is 0 Å². The third-order valence-corrected chi connectivity index (χ3v) is 6.41. The van der Waals surface area contributed by atoms with Crippen LogP contribution < -0.4 is 5.56 Å². The lowest BCUT2D eigenvalue weighted by Crippen LogP contribution is -2.09. The predicted octanol–water partition coefficient (Wildman–Crippen LogP) is 3.53. The van der Waals surface area contributed by atoms with Crippen LogP contribution in [0.15, 0.2) is 29.1 Å². The number of aromatic nitrogens is 5. The fourth-order valence-electron chi connectivity index (χ4n) is 2.84. The molecule has 0 aliphatic heterocycles. The van der Waals surface area contributed by atoms with Crippen molar-refractivity contribution in [3.05, 3.63) is 45.1 Å². The zero-order chi connectivity index (χ0) is 16.4. The summed E-state index contributed by atoms with van der Waals surface area (Å²) < 4.78 is 2.86. The highest BCUT2D eigenvalue weighted by atomic mass is 32.1. The van der Waals surface area contributed by atoms with E-state index in [4.69, 9.17) is 0 Å². The minimum Gasteiger partial charge on any atom is -0.267 e. The molecule has 0 fully saturated rings. The van der Waals surface area contributed by atoms with Crippen molar-refractivity contribution in [3.8, 4) is 10.7 Å². The summed E-state index contributed by atoms with van der Waals surface area (Å²) in [5.74, 6) is 0. The van der Waals surface area contributed by atoms with E-state index in [1.54, 1.807) is 27.2 Å². The van der Waals surface area contributed by atoms with Gasteiger partial charge in [0, 0.05) is 4.88 Å². The second kappa shape index (κ2) is 4.71. The maximum absolute atomic E-state index is 12.5. The normalized spacial score (nSPS) is 11.9. The minimum atomic E-state index is -0.212. The van der Waals surface area contributed by atoms with Crippen LogP contribution >= 0.6 is 22.7 Å². The van der Waals surface area contributed by atoms with E-state index in [1.807, 2.05) is 38.1 Å². The number of nitrogens with one attached hydrogen (secondary N) is 1. The van der Waals surface area contributed by atoms with Crippen LogP contribution in [0.25, 0.3) is 36.8 Å². The van der Waals surface area contributed by atoms with Gasteiger partial charge in [0.15, 0.2) is 11.3 Å². The maximum Gasteiger partial charge on any atom is 0.282 e. The molecule has 4 aromatic heterocycles. The maximum atomic E-state index is 12.5. The van der Waals surface area contributed by atoms with Crippen molar-refractivity contribution in [2.75, 3.05) is 0 Å². The number of aryl methyl sites for hydroxylation is 2. The zero-order valence-electron chi connectivity index (χ0n) is 12.8. The molecule has 0 aliphatic carbocycles. The fraction of sp³-hybridized carbons (Fsp3) is 0.125. The third-order valence-electron chi connectivity index (χ3n) is 4.17. The first-order valence-corrected chi connectivity index (χ1v) is 8.99. The lowest BCUT2D eigenvalue weighted by Gasteiger charge is -1.95. The van der Waals surface area contributed by atoms with Gasteiger partial charge in [-0.1, -0.05) is 12.1 Å². The second-order valence-electron chi connectivity index (χ2n) is 5.59. The van der Waals surface area contributed by atoms with E-state index in [0.717, 1.165) is 30.5 Å². The summed E-state index contributed by atoms with van der Waals surface area (Å²) in [4.78, 5) is 23.4. The number of H-pyrrole nitrogens is 1. The summed E-state index contributed by atoms with van der Waals surface area (Å²) in [6.45, 7) is 3.96. The number of hydrogen-bond donors (Lipinski definition) is 1. The average Bonchev–Trinajstić information content (AvgIpc) is 3.23. The van der Waals surface area contributed by atoms with Crippen LogP contribution in [0.1, 0.15) is 10.4 Å². The van der Waals surface area contributed by atoms with Gasteiger partial charge in [-0.25, -0.2) is 14.7 Å². The summed E-state index contributed by atoms with van der Waals surface area (Å²) in [7, 11) is 0. The molecule has 1 aromatic carbocycles. The van der Waals surface area contributed by atoms with Gasteiger partial charge < -0.3 is 0 Å². The average molecular weight is 353 g/mol. The van der Waals surface area contributed by atoms with Crippen molar-refractivity contribution < 1.29 is 0 Å². The van der Waals surface area contributed by atoms with E-state index in [0.29, 0.717) is 16.7 Å². The van der Waals surface area contributed by atoms with Crippen LogP contribution in [0.4, 0.5) is 0 Å². The van der Waals surface area contributed by atoms with Crippen LogP contribution in [0, 0.1) is 13.8 Å². The molecule has 5 rings (SSSR count). The molecule has 1 N–H and O–H groups in total. The van der Waals surface area contributed by atoms with Crippen molar-refractivity contribution in [1.82, 2.24) is 24.8 Å². The van der Waals surface area contributed by atoms with Crippen molar-refractivity contribution in [3.63, 3.8) is 0 Å². The first kappa shape index (κ1) is 13.8. The van der Waals surface area contributed by atoms with E-state index < -0.39 is 0 Å². The molecule has 0 radical (unpaired) electrons. The molecule has 5 aromatic rings. The van der Waals surface area contributed by atoms with E-state index in [9.17, 15) is 4.79 Å². The predicted molar refractivity (Wildman–Crippen MR) is 97.1 cm³/mol. The van der Waals surface area contributed by atoms with Crippen molar-refractivity contribution in [2.45, 2.75) is 13.8 Å². The number of nitrogens with zero attached hydrogens (tertiary/aromatic N) is 4. The standard InChI is InChI=1S/C16H11N5OS2/c1-7-8(2)23-16-11(7)14(22)18-13-12(19-20-21(13)16)15-17-9-5-3-4-6-10(9)24-15/h3-6,20H,1-2H3. The van der Waals surface area contributed by atoms with E-state index in [1.165, 1.54) is 0 Å². The molecule has 0 saturated carbocycles. The topological polar surface area (TPSA) is 75.9 Å². The number of para-hydroxylation sites is 1. The van der Waals surface area contributed by atoms with Crippen LogP contribution in [0.5, 0.6) is 0 Å². The first-order chi connectivity index (χ1) is 11.6. The molecule has 0 aliphatic rings. The Kier molecular flexibility index (Phi) is 2.71. The molecule has 6 nitrogen and oxygen atoms in total. The van der Waals surface area contributed by atoms with Gasteiger partial charge in [0.05, 0.1) is 15.6 Å². The van der Waals surface area contributed by atoms with E-state index >= 15 is 0 Å². The van der Waals surface area contributed by atoms with Gasteiger partial charge in [-0.2, -0.15) is 10.1 Å². The Bertz CT molecular complexity index is 1270. The largest absolute Gasteiger partial charge is 0.282 e. The molecule has 118 valence electrons. The smallest absolute Gasteiger partial charge is 0.267 e. The van der Waals surface area contributed by atoms with Crippen LogP contribution in [-0.4, -0.2) is 24.8 Å². The summed E-state index contributed by atoms with van der Waals surface area (Å²) in [5, 5.41) is 8.78. The minimum absolute atomic E-state index is 0.212. The summed E-state index contributed by atoms with van der Waals surface area (Å²) in [6, 6.07) is 7.93. The molecule has 8 heteroatoms. The van der Waals surface area contributed by atoms with Gasteiger partial charge >= 0.3 is 0 Å². The van der Waals surface area contributed by atoms with Gasteiger partial charge in [-0.3, -0.25) is 4.79 Å². The van der Waals surface area contributed by atoms with Crippen LogP contribution in [-0.2, 0) is 0 Å². The molecule has 0 unspecified atom stereocenters. The van der Waals surface area contributed by atoms with Gasteiger partial charge in [0.1, 0.15) is 9.84 Å². The number of aromatic amines is 1. The Hall–Kier alpha value is -2.58. The quantitative estimate of drug-likeness (QED) is 0.500. The molecular formula is C16H11N5OS2. The third kappa shape index (κ3) is 1.75. The van der Waals surface area contributed by atoms with E-state index in [-0.39, 0.29) is 5.56 Å². The highest BCUT2D eigenvalue weighted by Gasteiger charge is 2.19. The Morgan fingerprint density at radius 2 is 1.96 bits per heavy atom. The molecule has 4 heterocycles. The lowest BCUT2D eigenvalue weighted by molar-refractivity contribution is 0.879. The van der Waals surface area contributed by atoms with Gasteiger partial charge in [-0.15, -0.1) is 22.7 Å². The van der Waals surface area contributed by atoms with Gasteiger partial charge in [0.2, 0.25) is 0 Å². The molecule has 0 spiro atoms. The highest BCUT2D eigenvalue weighted by Crippen LogP contribution is 2.33. The lowest BCUT2D eigenvalue weighted by atomic mass is 10.2. The summed E-state index contributed by atoms with van der Waals surface area (Å²) in [5.41, 5.74) is 2.82. The molecule has 0 bridgehead atoms. The Balaban J connectivity index is 1.87. The molecule has 0 saturated heterocycles. The Labute approximate surface area is 143 Å². The Morgan fingerprint density at radius 3 is 2.79 bits per heavy atom. The van der Waals surface area contributed by atoms with E-state index in [2.05, 4.69) is 20.3 Å². The molecule has 0 amide bonds. The molecular weight excluding hydrogens is 342 g/mol. The second-order valence-corrected chi connectivity index (χ2v) is 7.82. The number of thiophene rings is 1. The number of benzene rings is 1. The van der Waals surface area contributed by atoms with Crippen molar-refractivity contribution >= 4 is 48.8 Å². The monoisotopic (exact) mass is 353 g/mol. The number of rotatable bonds is 1. The Morgan fingerprint density at radius 1 is 1.12 bits per heavy atom.